The molecule has 6 rings (SSSR count). The molecule has 2 saturated heterocycles. The second kappa shape index (κ2) is 43.2. The Kier molecular flexibility index (Phi) is 35.9. The zero-order chi connectivity index (χ0) is 72.8. The van der Waals surface area contributed by atoms with Crippen LogP contribution in [-0.2, 0) is 72.0 Å². The van der Waals surface area contributed by atoms with Gasteiger partial charge in [-0.15, -0.1) is 0 Å². The van der Waals surface area contributed by atoms with Crippen LogP contribution in [0.2, 0.25) is 0 Å². The first-order valence-corrected chi connectivity index (χ1v) is 35.5. The zero-order valence-corrected chi connectivity index (χ0v) is 60.6. The van der Waals surface area contributed by atoms with Gasteiger partial charge in [-0.1, -0.05) is 82.3 Å². The standard InChI is InChI=1S/C66H94N14O18S2.Ga/c1-40(82)52(37-81)73-65(97)54-39-100-99-38-53(74-63(95)50(28-42-10-4-3-5-11-42)71-56(86)33-77-20-22-78(34-57(87)88)24-26-80(36-59(91)92)27-25-79(23-21-77)35-58(89)90)64(96)72-51(29-43-15-17-46(84)18-16-43)62(94)69-45(30-44-32-68-48-13-7-6-12-47(44)48)31-55(85)70-49(14-8-9-19-67)61(93)76-60(41(2)83)66(98)75-54;/h3-7,10-13,15-18,32,40-41,45,49-54,60,68,81-84H,8-9,14,19-31,33-39,67H2,1-2H3,(H,69,94)(H,70,85)(H,71,86)(H,72,96)(H,73,97)(H,74,95)(H,75,98)(H,76,93)(H,87,88)(H,89,90)(H,91,92);/t40?,41?,45-,49+,50-,51+,52-,53+,54+,60+;/m1./s1. The molecule has 3 heterocycles. The van der Waals surface area contributed by atoms with Gasteiger partial charge in [-0.3, -0.25) is 72.3 Å². The number of unbranched alkanes of at least 4 members (excludes halogenated alkanes) is 1. The molecule has 3 radical (unpaired) electrons. The molecule has 3 aromatic carbocycles. The molecular formula is C66H94GaN14O18S2. The molecule has 4 aromatic rings. The number of amides is 8. The van der Waals surface area contributed by atoms with Gasteiger partial charge >= 0.3 is 17.9 Å². The first-order chi connectivity index (χ1) is 47.8. The maximum absolute atomic E-state index is 15.3. The summed E-state index contributed by atoms with van der Waals surface area (Å²) in [6.45, 7) is 1.15. The normalized spacial score (nSPS) is 21.8. The topological polar surface area (TPSA) is 480 Å². The molecule has 2 aliphatic heterocycles. The fourth-order valence-corrected chi connectivity index (χ4v) is 13.6. The number of phenolic OH excluding ortho intramolecular Hbond substituents is 1. The molecule has 2 unspecified atom stereocenters. The fraction of sp³-hybridized carbons (Fsp3) is 0.530. The molecule has 0 bridgehead atoms. The minimum atomic E-state index is -1.75. The van der Waals surface area contributed by atoms with Crippen molar-refractivity contribution < 1.29 is 88.5 Å². The van der Waals surface area contributed by atoms with E-state index in [4.69, 9.17) is 5.73 Å². The van der Waals surface area contributed by atoms with Gasteiger partial charge in [0.25, 0.3) is 0 Å². The smallest absolute Gasteiger partial charge is 0.317 e. The van der Waals surface area contributed by atoms with Crippen LogP contribution in [-0.4, -0.2) is 309 Å². The van der Waals surface area contributed by atoms with Crippen LogP contribution in [0.15, 0.2) is 85.1 Å². The Morgan fingerprint density at radius 1 is 0.624 bits per heavy atom. The zero-order valence-electron chi connectivity index (χ0n) is 56.5. The summed E-state index contributed by atoms with van der Waals surface area (Å²) < 4.78 is 0. The van der Waals surface area contributed by atoms with Crippen molar-refractivity contribution in [1.82, 2.24) is 67.1 Å². The third-order valence-corrected chi connectivity index (χ3v) is 19.2. The number of aromatic amines is 1. The van der Waals surface area contributed by atoms with Gasteiger partial charge in [-0.05, 0) is 81.0 Å². The number of aliphatic hydroxyl groups is 3. The van der Waals surface area contributed by atoms with E-state index in [0.29, 0.717) is 29.5 Å². The molecule has 0 saturated carbocycles. The number of hydrogen-bond acceptors (Lipinski definition) is 22. The number of rotatable bonds is 26. The van der Waals surface area contributed by atoms with Crippen molar-refractivity contribution in [3.8, 4) is 5.75 Å². The summed E-state index contributed by atoms with van der Waals surface area (Å²) in [5.41, 5.74) is 8.25. The summed E-state index contributed by atoms with van der Waals surface area (Å²) >= 11 is 0. The van der Waals surface area contributed by atoms with Crippen LogP contribution in [0.1, 0.15) is 56.2 Å². The summed E-state index contributed by atoms with van der Waals surface area (Å²) in [7, 11) is 1.82. The third kappa shape index (κ3) is 29.2. The van der Waals surface area contributed by atoms with Crippen molar-refractivity contribution in [3.63, 3.8) is 0 Å². The Morgan fingerprint density at radius 3 is 1.75 bits per heavy atom. The van der Waals surface area contributed by atoms with Gasteiger partial charge in [-0.2, -0.15) is 0 Å². The SMILES string of the molecule is CC(O)[C@@H]1NC(=O)[C@H](CCCCN)NC(=O)C[C@@H](Cc2c[nH]c3ccccc23)NC(=O)[C@H](Cc2ccc(O)cc2)NC(=O)[C@@H](NC(=O)[C@@H](Cc2ccccc2)NC(=O)CN2CCN(CC(=O)O)CCN(CC(=O)O)CCN(CC(=O)O)CC2)CSSC[C@@H](C(=O)N[C@H](CO)C(C)O)NC1=O.[Ga]. The maximum Gasteiger partial charge on any atom is 0.317 e. The van der Waals surface area contributed by atoms with Crippen molar-refractivity contribution in [2.75, 3.05) is 103 Å². The van der Waals surface area contributed by atoms with Crippen molar-refractivity contribution in [2.45, 2.75) is 119 Å². The molecule has 0 spiro atoms. The molecule has 2 fully saturated rings. The number of nitrogens with two attached hydrogens (primary N) is 1. The van der Waals surface area contributed by atoms with Gasteiger partial charge in [0.2, 0.25) is 47.3 Å². The van der Waals surface area contributed by atoms with Crippen molar-refractivity contribution in [3.05, 3.63) is 102 Å². The van der Waals surface area contributed by atoms with Gasteiger partial charge in [0.05, 0.1) is 51.0 Å². The summed E-state index contributed by atoms with van der Waals surface area (Å²) in [5, 5.41) is 93.6. The molecular weight excluding hydrogens is 1410 g/mol. The van der Waals surface area contributed by atoms with Gasteiger partial charge < -0.3 is 89.0 Å². The molecule has 551 valence electrons. The minimum Gasteiger partial charge on any atom is -0.508 e. The van der Waals surface area contributed by atoms with Crippen LogP contribution < -0.4 is 48.3 Å². The molecule has 32 nitrogen and oxygen atoms in total. The summed E-state index contributed by atoms with van der Waals surface area (Å²) in [5.74, 6) is -11.2. The minimum absolute atomic E-state index is 0. The van der Waals surface area contributed by atoms with E-state index in [2.05, 4.69) is 47.5 Å². The van der Waals surface area contributed by atoms with Crippen molar-refractivity contribution >= 4 is 117 Å². The van der Waals surface area contributed by atoms with E-state index in [0.717, 1.165) is 32.5 Å². The predicted molar refractivity (Wildman–Crippen MR) is 377 cm³/mol. The number of aliphatic hydroxyl groups excluding tert-OH is 3. The number of aromatic hydroxyl groups is 1. The van der Waals surface area contributed by atoms with Crippen LogP contribution in [0, 0.1) is 0 Å². The van der Waals surface area contributed by atoms with E-state index in [1.807, 2.05) is 24.3 Å². The second-order valence-electron chi connectivity index (χ2n) is 24.9. The van der Waals surface area contributed by atoms with E-state index in [9.17, 15) is 74.1 Å². The van der Waals surface area contributed by atoms with Gasteiger partial charge in [0, 0.05) is 126 Å². The molecule has 1 aromatic heterocycles. The molecule has 0 aliphatic carbocycles. The quantitative estimate of drug-likeness (QED) is 0.0165. The Hall–Kier alpha value is -7.81. The number of carboxylic acid groups (broad SMARTS) is 3. The largest absolute Gasteiger partial charge is 0.508 e. The number of carboxylic acids is 3. The number of aliphatic carboxylic acids is 3. The average Bonchev–Trinajstić information content (AvgIpc) is 1.65. The number of benzene rings is 3. The van der Waals surface area contributed by atoms with Crippen LogP contribution in [0.5, 0.6) is 5.75 Å². The van der Waals surface area contributed by atoms with Crippen LogP contribution in [0.3, 0.4) is 0 Å². The van der Waals surface area contributed by atoms with E-state index >= 15 is 14.4 Å². The summed E-state index contributed by atoms with van der Waals surface area (Å²) in [6, 6.07) is 10.1. The van der Waals surface area contributed by atoms with Gasteiger partial charge in [0.1, 0.15) is 42.0 Å². The first kappa shape index (κ1) is 83.8. The van der Waals surface area contributed by atoms with Crippen LogP contribution in [0.4, 0.5) is 0 Å². The molecule has 18 N–H and O–H groups in total. The number of carbonyl (C=O) groups excluding carboxylic acids is 8. The van der Waals surface area contributed by atoms with E-state index < -0.39 is 158 Å². The average molecular weight is 1510 g/mol. The number of nitrogens with zero attached hydrogens (tertiary/aromatic N) is 4. The van der Waals surface area contributed by atoms with Gasteiger partial charge in [-0.25, -0.2) is 0 Å². The Balaban J connectivity index is 0.0000184. The Morgan fingerprint density at radius 2 is 1.19 bits per heavy atom. The number of para-hydroxylation sites is 1. The number of fused-ring (bicyclic) bond motifs is 1. The summed E-state index contributed by atoms with van der Waals surface area (Å²) in [4.78, 5) is 163. The molecule has 10 atom stereocenters. The van der Waals surface area contributed by atoms with Crippen molar-refractivity contribution in [2.24, 2.45) is 5.73 Å². The monoisotopic (exact) mass is 1500 g/mol. The Labute approximate surface area is 605 Å². The van der Waals surface area contributed by atoms with E-state index in [1.165, 1.54) is 38.1 Å². The number of hydrogen-bond donors (Lipinski definition) is 17. The van der Waals surface area contributed by atoms with E-state index in [-0.39, 0.29) is 128 Å². The number of nitrogens with one attached hydrogen (secondary N) is 9. The Bertz CT molecular complexity index is 3350. The maximum atomic E-state index is 15.3. The predicted octanol–water partition coefficient (Wildman–Crippen LogP) is -3.46. The number of H-pyrrole nitrogens is 1. The van der Waals surface area contributed by atoms with E-state index in [1.54, 1.807) is 56.1 Å². The first-order valence-electron chi connectivity index (χ1n) is 33.0. The third-order valence-electron chi connectivity index (χ3n) is 16.8. The number of aromatic nitrogens is 1. The molecule has 8 amide bonds. The number of phenols is 1. The fourth-order valence-electron chi connectivity index (χ4n) is 11.3. The van der Waals surface area contributed by atoms with Crippen LogP contribution >= 0.6 is 21.6 Å². The van der Waals surface area contributed by atoms with Crippen molar-refractivity contribution in [1.29, 1.82) is 0 Å². The second-order valence-corrected chi connectivity index (χ2v) is 27.4. The molecule has 101 heavy (non-hydrogen) atoms. The van der Waals surface area contributed by atoms with Gasteiger partial charge in [0.15, 0.2) is 0 Å². The number of carbonyl (C=O) groups is 11. The molecule has 2 aliphatic rings. The molecule has 35 heteroatoms. The van der Waals surface area contributed by atoms with Crippen LogP contribution in [0.25, 0.3) is 10.9 Å². The summed E-state index contributed by atoms with van der Waals surface area (Å²) in [6.07, 6.45) is -1.27.